The molecule has 3 aromatic rings. The van der Waals surface area contributed by atoms with E-state index in [4.69, 9.17) is 4.98 Å². The predicted molar refractivity (Wildman–Crippen MR) is 139 cm³/mol. The predicted octanol–water partition coefficient (Wildman–Crippen LogP) is 5.34. The molecule has 188 valence electrons. The Kier molecular flexibility index (Phi) is 7.28. The van der Waals surface area contributed by atoms with Gasteiger partial charge in [-0.15, -0.1) is 0 Å². The van der Waals surface area contributed by atoms with Gasteiger partial charge >= 0.3 is 0 Å². The number of benzene rings is 1. The molecule has 3 heterocycles. The van der Waals surface area contributed by atoms with Gasteiger partial charge in [0.05, 0.1) is 22.5 Å². The fourth-order valence-corrected chi connectivity index (χ4v) is 6.40. The van der Waals surface area contributed by atoms with Crippen LogP contribution in [-0.4, -0.2) is 45.3 Å². The van der Waals surface area contributed by atoms with Crippen molar-refractivity contribution in [3.05, 3.63) is 48.0 Å². The Hall–Kier alpha value is -2.78. The lowest BCUT2D eigenvalue weighted by atomic mass is 9.87. The van der Waals surface area contributed by atoms with Crippen LogP contribution in [-0.2, 0) is 10.0 Å². The third-order valence-corrected chi connectivity index (χ3v) is 8.83. The first-order valence-corrected chi connectivity index (χ1v) is 13.8. The molecule has 0 saturated carbocycles. The van der Waals surface area contributed by atoms with E-state index in [0.29, 0.717) is 35.8 Å². The molecule has 1 N–H and O–H groups in total. The standard InChI is InChI=1S/C26H36N6O2S/c1-17(2)21-10-13-31(14-11-21)35(33,34)22-7-8-23(19(5)15-22)29-26-27-12-9-24(30-26)25-16-28-20(6)32(25)18(3)4/h7-9,12,15-18,21H,10-11,13-14H2,1-6H3,(H,27,29,30). The van der Waals surface area contributed by atoms with Crippen LogP contribution in [0.15, 0.2) is 41.6 Å². The minimum atomic E-state index is -3.51. The van der Waals surface area contributed by atoms with Crippen LogP contribution < -0.4 is 5.32 Å². The molecule has 1 aromatic carbocycles. The van der Waals surface area contributed by atoms with Crippen LogP contribution >= 0.6 is 0 Å². The number of sulfonamides is 1. The molecule has 9 heteroatoms. The molecule has 1 fully saturated rings. The van der Waals surface area contributed by atoms with Crippen molar-refractivity contribution in [2.24, 2.45) is 11.8 Å². The highest BCUT2D eigenvalue weighted by Gasteiger charge is 2.30. The number of imidazole rings is 1. The Labute approximate surface area is 208 Å². The summed E-state index contributed by atoms with van der Waals surface area (Å²) < 4.78 is 30.3. The monoisotopic (exact) mass is 496 g/mol. The molecule has 1 saturated heterocycles. The van der Waals surface area contributed by atoms with E-state index in [9.17, 15) is 8.42 Å². The molecule has 2 aromatic heterocycles. The summed E-state index contributed by atoms with van der Waals surface area (Å²) in [6.07, 6.45) is 5.37. The second-order valence-corrected chi connectivity index (χ2v) is 11.9. The van der Waals surface area contributed by atoms with Crippen molar-refractivity contribution in [1.82, 2.24) is 23.8 Å². The van der Waals surface area contributed by atoms with Gasteiger partial charge in [-0.3, -0.25) is 0 Å². The number of aromatic nitrogens is 4. The van der Waals surface area contributed by atoms with E-state index in [1.807, 2.05) is 26.1 Å². The highest BCUT2D eigenvalue weighted by Crippen LogP contribution is 2.30. The molecular weight excluding hydrogens is 460 g/mol. The summed E-state index contributed by atoms with van der Waals surface area (Å²) >= 11 is 0. The molecule has 1 aliphatic rings. The lowest BCUT2D eigenvalue weighted by Gasteiger charge is -2.33. The third kappa shape index (κ3) is 5.26. The number of piperidine rings is 1. The summed E-state index contributed by atoms with van der Waals surface area (Å²) in [6, 6.07) is 7.31. The molecule has 0 atom stereocenters. The average molecular weight is 497 g/mol. The van der Waals surface area contributed by atoms with E-state index in [2.05, 4.69) is 47.5 Å². The van der Waals surface area contributed by atoms with Crippen molar-refractivity contribution in [2.45, 2.75) is 65.3 Å². The highest BCUT2D eigenvalue weighted by molar-refractivity contribution is 7.89. The van der Waals surface area contributed by atoms with Gasteiger partial charge in [-0.1, -0.05) is 13.8 Å². The Bertz CT molecular complexity index is 1290. The minimum absolute atomic E-state index is 0.256. The van der Waals surface area contributed by atoms with Gasteiger partial charge in [-0.25, -0.2) is 23.4 Å². The zero-order chi connectivity index (χ0) is 25.3. The minimum Gasteiger partial charge on any atom is -0.324 e. The quantitative estimate of drug-likeness (QED) is 0.475. The van der Waals surface area contributed by atoms with Crippen molar-refractivity contribution in [2.75, 3.05) is 18.4 Å². The molecule has 0 spiro atoms. The molecule has 0 aliphatic carbocycles. The number of hydrogen-bond acceptors (Lipinski definition) is 6. The maximum absolute atomic E-state index is 13.2. The van der Waals surface area contributed by atoms with Gasteiger partial charge in [-0.2, -0.15) is 4.31 Å². The van der Waals surface area contributed by atoms with Crippen molar-refractivity contribution < 1.29 is 8.42 Å². The molecule has 4 rings (SSSR count). The van der Waals surface area contributed by atoms with Gasteiger partial charge in [0.25, 0.3) is 0 Å². The molecule has 35 heavy (non-hydrogen) atoms. The van der Waals surface area contributed by atoms with E-state index in [1.54, 1.807) is 28.7 Å². The van der Waals surface area contributed by atoms with E-state index in [-0.39, 0.29) is 6.04 Å². The number of anilines is 2. The fourth-order valence-electron chi connectivity index (χ4n) is 4.85. The number of nitrogens with zero attached hydrogens (tertiary/aromatic N) is 5. The van der Waals surface area contributed by atoms with Crippen molar-refractivity contribution in [3.63, 3.8) is 0 Å². The lowest BCUT2D eigenvalue weighted by Crippen LogP contribution is -2.39. The van der Waals surface area contributed by atoms with E-state index in [1.165, 1.54) is 0 Å². The third-order valence-electron chi connectivity index (χ3n) is 6.94. The number of aryl methyl sites for hydroxylation is 2. The van der Waals surface area contributed by atoms with Crippen molar-refractivity contribution >= 4 is 21.7 Å². The molecule has 8 nitrogen and oxygen atoms in total. The Morgan fingerprint density at radius 2 is 1.74 bits per heavy atom. The summed E-state index contributed by atoms with van der Waals surface area (Å²) in [5.41, 5.74) is 3.30. The molecule has 0 unspecified atom stereocenters. The Morgan fingerprint density at radius 1 is 1.03 bits per heavy atom. The van der Waals surface area contributed by atoms with Crippen LogP contribution in [0.2, 0.25) is 0 Å². The first kappa shape index (κ1) is 25.3. The fraction of sp³-hybridized carbons (Fsp3) is 0.500. The topological polar surface area (TPSA) is 93.0 Å². The van der Waals surface area contributed by atoms with Gasteiger partial charge in [0.1, 0.15) is 5.82 Å². The Morgan fingerprint density at radius 3 is 2.37 bits per heavy atom. The number of nitrogens with one attached hydrogen (secondary N) is 1. The van der Waals surface area contributed by atoms with E-state index < -0.39 is 10.0 Å². The molecule has 0 bridgehead atoms. The van der Waals surface area contributed by atoms with Crippen LogP contribution in [0.25, 0.3) is 11.4 Å². The average Bonchev–Trinajstić information content (AvgIpc) is 3.22. The zero-order valence-corrected chi connectivity index (χ0v) is 22.3. The van der Waals surface area contributed by atoms with Crippen molar-refractivity contribution in [1.29, 1.82) is 0 Å². The molecule has 0 radical (unpaired) electrons. The van der Waals surface area contributed by atoms with Gasteiger partial charge in [0, 0.05) is 31.0 Å². The molecular formula is C26H36N6O2S. The van der Waals surface area contributed by atoms with Crippen LogP contribution in [0.4, 0.5) is 11.6 Å². The summed E-state index contributed by atoms with van der Waals surface area (Å²) in [4.78, 5) is 13.8. The second kappa shape index (κ2) is 10.1. The smallest absolute Gasteiger partial charge is 0.243 e. The zero-order valence-electron chi connectivity index (χ0n) is 21.5. The summed E-state index contributed by atoms with van der Waals surface area (Å²) in [5, 5.41) is 3.25. The van der Waals surface area contributed by atoms with Crippen LogP contribution in [0.5, 0.6) is 0 Å². The highest BCUT2D eigenvalue weighted by atomic mass is 32.2. The maximum atomic E-state index is 13.2. The SMILES string of the molecule is Cc1cc(S(=O)(=O)N2CCC(C(C)C)CC2)ccc1Nc1nccc(-c2cnc(C)n2C(C)C)n1. The first-order chi connectivity index (χ1) is 16.6. The number of hydrogen-bond donors (Lipinski definition) is 1. The molecule has 0 amide bonds. The van der Waals surface area contributed by atoms with Crippen LogP contribution in [0, 0.1) is 25.7 Å². The van der Waals surface area contributed by atoms with Crippen LogP contribution in [0.1, 0.15) is 58.0 Å². The van der Waals surface area contributed by atoms with Gasteiger partial charge in [0.2, 0.25) is 16.0 Å². The van der Waals surface area contributed by atoms with Gasteiger partial charge in [0.15, 0.2) is 0 Å². The maximum Gasteiger partial charge on any atom is 0.243 e. The number of rotatable bonds is 7. The summed E-state index contributed by atoms with van der Waals surface area (Å²) in [7, 11) is -3.51. The van der Waals surface area contributed by atoms with E-state index >= 15 is 0 Å². The lowest BCUT2D eigenvalue weighted by molar-refractivity contribution is 0.226. The largest absolute Gasteiger partial charge is 0.324 e. The summed E-state index contributed by atoms with van der Waals surface area (Å²) in [6.45, 7) is 13.7. The normalized spacial score (nSPS) is 15.8. The Balaban J connectivity index is 1.53. The second-order valence-electron chi connectivity index (χ2n) is 10.0. The van der Waals surface area contributed by atoms with E-state index in [0.717, 1.165) is 41.3 Å². The van der Waals surface area contributed by atoms with Crippen LogP contribution in [0.3, 0.4) is 0 Å². The first-order valence-electron chi connectivity index (χ1n) is 12.3. The van der Waals surface area contributed by atoms with Crippen molar-refractivity contribution in [3.8, 4) is 11.4 Å². The molecule has 1 aliphatic heterocycles. The summed E-state index contributed by atoms with van der Waals surface area (Å²) in [5.74, 6) is 2.56. The van der Waals surface area contributed by atoms with Gasteiger partial charge < -0.3 is 9.88 Å². The van der Waals surface area contributed by atoms with Gasteiger partial charge in [-0.05, 0) is 82.2 Å².